The van der Waals surface area contributed by atoms with Crippen LogP contribution in [0.5, 0.6) is 5.75 Å². The van der Waals surface area contributed by atoms with Crippen LogP contribution in [0, 0.1) is 5.82 Å². The number of carbonyl (C=O) groups is 1. The van der Waals surface area contributed by atoms with Crippen molar-refractivity contribution >= 4 is 39.6 Å². The molecule has 4 nitrogen and oxygen atoms in total. The molecular weight excluding hydrogens is 425 g/mol. The number of rotatable bonds is 5. The molecule has 0 spiro atoms. The van der Waals surface area contributed by atoms with E-state index in [1.54, 1.807) is 24.5 Å². The zero-order valence-corrected chi connectivity index (χ0v) is 18.5. The molecule has 3 aromatic rings. The normalized spacial score (nSPS) is 15.0. The second-order valence-electron chi connectivity index (χ2n) is 7.65. The van der Waals surface area contributed by atoms with Gasteiger partial charge < -0.3 is 10.4 Å². The number of phenols is 1. The molecule has 1 atom stereocenters. The molecule has 1 amide bonds. The number of benzene rings is 3. The molecular formula is C26H22FNO3S. The van der Waals surface area contributed by atoms with Crippen molar-refractivity contribution in [3.05, 3.63) is 94.8 Å². The van der Waals surface area contributed by atoms with Crippen LogP contribution in [0.4, 0.5) is 10.1 Å². The summed E-state index contributed by atoms with van der Waals surface area (Å²) in [6, 6.07) is 18.4. The average molecular weight is 448 g/mol. The second-order valence-corrected chi connectivity index (χ2v) is 9.03. The minimum Gasteiger partial charge on any atom is -0.508 e. The Kier molecular flexibility index (Phi) is 6.06. The number of aromatic hydroxyl groups is 1. The van der Waals surface area contributed by atoms with Crippen molar-refractivity contribution in [1.29, 1.82) is 0 Å². The van der Waals surface area contributed by atoms with Gasteiger partial charge in [0.2, 0.25) is 5.91 Å². The first kappa shape index (κ1) is 21.7. The number of halogens is 1. The maximum atomic E-state index is 14.1. The van der Waals surface area contributed by atoms with Gasteiger partial charge in [0, 0.05) is 33.7 Å². The molecule has 6 heteroatoms. The number of hydrogen-bond acceptors (Lipinski definition) is 3. The molecule has 3 aromatic carbocycles. The van der Waals surface area contributed by atoms with E-state index in [-0.39, 0.29) is 23.9 Å². The maximum Gasteiger partial charge on any atom is 0.228 e. The summed E-state index contributed by atoms with van der Waals surface area (Å²) in [6.45, 7) is 1.93. The Morgan fingerprint density at radius 2 is 1.81 bits per heavy atom. The Bertz CT molecular complexity index is 1290. The van der Waals surface area contributed by atoms with Crippen LogP contribution in [0.3, 0.4) is 0 Å². The van der Waals surface area contributed by atoms with Gasteiger partial charge in [0.15, 0.2) is 0 Å². The first-order chi connectivity index (χ1) is 15.3. The van der Waals surface area contributed by atoms with Gasteiger partial charge in [-0.3, -0.25) is 9.00 Å². The van der Waals surface area contributed by atoms with Crippen LogP contribution >= 0.6 is 0 Å². The molecule has 32 heavy (non-hydrogen) atoms. The third kappa shape index (κ3) is 4.55. The zero-order chi connectivity index (χ0) is 22.8. The molecule has 4 rings (SSSR count). The van der Waals surface area contributed by atoms with E-state index in [9.17, 15) is 18.5 Å². The Balaban J connectivity index is 1.68. The van der Waals surface area contributed by atoms with Crippen molar-refractivity contribution in [2.45, 2.75) is 18.2 Å². The SMILES string of the molecule is CC1=C(CC(=O)Nc2cccc(O)c2)c2cc(F)ccc2C1=Cc1ccc(S(C)=O)cc1. The summed E-state index contributed by atoms with van der Waals surface area (Å²) < 4.78 is 25.7. The lowest BCUT2D eigenvalue weighted by atomic mass is 10.0. The number of phenolic OH excluding ortho intramolecular Hbond substituents is 1. The van der Waals surface area contributed by atoms with Gasteiger partial charge >= 0.3 is 0 Å². The number of anilines is 1. The number of nitrogens with one attached hydrogen (secondary N) is 1. The maximum absolute atomic E-state index is 14.1. The molecule has 0 saturated heterocycles. The number of fused-ring (bicyclic) bond motifs is 1. The fraction of sp³-hybridized carbons (Fsp3) is 0.115. The Morgan fingerprint density at radius 3 is 2.50 bits per heavy atom. The predicted molar refractivity (Wildman–Crippen MR) is 127 cm³/mol. The van der Waals surface area contributed by atoms with Gasteiger partial charge in [-0.1, -0.05) is 24.3 Å². The quantitative estimate of drug-likeness (QED) is 0.533. The first-order valence-corrected chi connectivity index (χ1v) is 11.6. The summed E-state index contributed by atoms with van der Waals surface area (Å²) in [5, 5.41) is 12.4. The summed E-state index contributed by atoms with van der Waals surface area (Å²) in [7, 11) is -1.05. The largest absolute Gasteiger partial charge is 0.508 e. The molecule has 0 saturated carbocycles. The Hall–Kier alpha value is -3.51. The third-order valence-electron chi connectivity index (χ3n) is 5.44. The van der Waals surface area contributed by atoms with E-state index in [4.69, 9.17) is 0 Å². The van der Waals surface area contributed by atoms with E-state index in [0.717, 1.165) is 32.7 Å². The molecule has 0 radical (unpaired) electrons. The number of amides is 1. The monoisotopic (exact) mass is 447 g/mol. The molecule has 0 heterocycles. The van der Waals surface area contributed by atoms with Crippen LogP contribution in [0.2, 0.25) is 0 Å². The fourth-order valence-corrected chi connectivity index (χ4v) is 4.37. The highest BCUT2D eigenvalue weighted by atomic mass is 32.2. The smallest absolute Gasteiger partial charge is 0.228 e. The highest BCUT2D eigenvalue weighted by Gasteiger charge is 2.25. The minimum atomic E-state index is -1.05. The van der Waals surface area contributed by atoms with Crippen LogP contribution in [0.15, 0.2) is 77.2 Å². The number of allylic oxidation sites excluding steroid dienone is 2. The second kappa shape index (κ2) is 8.93. The molecule has 0 aromatic heterocycles. The van der Waals surface area contributed by atoms with Crippen molar-refractivity contribution in [3.63, 3.8) is 0 Å². The number of carbonyl (C=O) groups excluding carboxylic acids is 1. The van der Waals surface area contributed by atoms with Gasteiger partial charge in [0.1, 0.15) is 11.6 Å². The van der Waals surface area contributed by atoms with Crippen LogP contribution in [-0.2, 0) is 15.6 Å². The fourth-order valence-electron chi connectivity index (χ4n) is 3.85. The van der Waals surface area contributed by atoms with Gasteiger partial charge in [-0.15, -0.1) is 0 Å². The van der Waals surface area contributed by atoms with E-state index < -0.39 is 10.8 Å². The summed E-state index contributed by atoms with van der Waals surface area (Å²) in [5.74, 6) is -0.552. The van der Waals surface area contributed by atoms with E-state index >= 15 is 0 Å². The summed E-state index contributed by atoms with van der Waals surface area (Å²) >= 11 is 0. The molecule has 1 aliphatic rings. The molecule has 0 bridgehead atoms. The van der Waals surface area contributed by atoms with Gasteiger partial charge in [0.25, 0.3) is 0 Å². The van der Waals surface area contributed by atoms with Gasteiger partial charge in [-0.25, -0.2) is 4.39 Å². The van der Waals surface area contributed by atoms with Crippen molar-refractivity contribution < 1.29 is 18.5 Å². The van der Waals surface area contributed by atoms with E-state index in [1.165, 1.54) is 24.3 Å². The highest BCUT2D eigenvalue weighted by Crippen LogP contribution is 2.44. The molecule has 1 unspecified atom stereocenters. The van der Waals surface area contributed by atoms with Crippen molar-refractivity contribution in [3.8, 4) is 5.75 Å². The lowest BCUT2D eigenvalue weighted by Crippen LogP contribution is -2.12. The van der Waals surface area contributed by atoms with Gasteiger partial charge in [0.05, 0.1) is 6.42 Å². The van der Waals surface area contributed by atoms with Crippen molar-refractivity contribution in [2.75, 3.05) is 11.6 Å². The van der Waals surface area contributed by atoms with Gasteiger partial charge in [-0.05, 0) is 82.8 Å². The lowest BCUT2D eigenvalue weighted by Gasteiger charge is -2.08. The average Bonchev–Trinajstić information content (AvgIpc) is 2.99. The third-order valence-corrected chi connectivity index (χ3v) is 6.38. The number of hydrogen-bond donors (Lipinski definition) is 2. The van der Waals surface area contributed by atoms with Crippen LogP contribution in [0.25, 0.3) is 17.2 Å². The Labute approximate surface area is 188 Å². The standard InChI is InChI=1S/C26H22FNO3S/c1-16-23(12-17-6-9-21(10-7-17)32(2)31)22-11-8-18(27)13-25(22)24(16)15-26(30)28-19-4-3-5-20(29)14-19/h3-14,29H,15H2,1-2H3,(H,28,30). The highest BCUT2D eigenvalue weighted by molar-refractivity contribution is 7.84. The van der Waals surface area contributed by atoms with Crippen LogP contribution in [0.1, 0.15) is 30.0 Å². The summed E-state index contributed by atoms with van der Waals surface area (Å²) in [5.41, 5.74) is 5.57. The zero-order valence-electron chi connectivity index (χ0n) is 17.7. The lowest BCUT2D eigenvalue weighted by molar-refractivity contribution is -0.115. The Morgan fingerprint density at radius 1 is 1.06 bits per heavy atom. The van der Waals surface area contributed by atoms with Crippen molar-refractivity contribution in [2.24, 2.45) is 0 Å². The van der Waals surface area contributed by atoms with E-state index in [0.29, 0.717) is 11.3 Å². The molecule has 1 aliphatic carbocycles. The summed E-state index contributed by atoms with van der Waals surface area (Å²) in [4.78, 5) is 13.5. The topological polar surface area (TPSA) is 66.4 Å². The van der Waals surface area contributed by atoms with Crippen LogP contribution in [-0.4, -0.2) is 21.5 Å². The van der Waals surface area contributed by atoms with E-state index in [1.807, 2.05) is 37.3 Å². The van der Waals surface area contributed by atoms with Gasteiger partial charge in [-0.2, -0.15) is 0 Å². The molecule has 162 valence electrons. The molecule has 2 N–H and O–H groups in total. The molecule has 0 aliphatic heterocycles. The molecule has 0 fully saturated rings. The predicted octanol–water partition coefficient (Wildman–Crippen LogP) is 5.63. The minimum absolute atomic E-state index is 0.0645. The van der Waals surface area contributed by atoms with Crippen LogP contribution < -0.4 is 5.32 Å². The van der Waals surface area contributed by atoms with E-state index in [2.05, 4.69) is 5.32 Å². The summed E-state index contributed by atoms with van der Waals surface area (Å²) in [6.07, 6.45) is 3.70. The first-order valence-electron chi connectivity index (χ1n) is 10.1. The van der Waals surface area contributed by atoms with Crippen molar-refractivity contribution in [1.82, 2.24) is 0 Å².